The number of aromatic nitrogens is 3. The van der Waals surface area contributed by atoms with Crippen LogP contribution in [-0.2, 0) is 42.8 Å². The van der Waals surface area contributed by atoms with Crippen molar-refractivity contribution in [3.05, 3.63) is 172 Å². The minimum absolute atomic E-state index is 0. The molecule has 3 aromatic heterocycles. The molecule has 353 valence electrons. The topological polar surface area (TPSA) is 51.8 Å². The predicted molar refractivity (Wildman–Crippen MR) is 285 cm³/mol. The fourth-order valence-electron chi connectivity index (χ4n) is 9.42. The number of hydrogen-bond donors (Lipinski definition) is 0. The van der Waals surface area contributed by atoms with E-state index in [0.29, 0.717) is 17.8 Å². The maximum absolute atomic E-state index is 7.14. The molecule has 68 heavy (non-hydrogen) atoms. The van der Waals surface area contributed by atoms with Crippen LogP contribution in [0.5, 0.6) is 0 Å². The summed E-state index contributed by atoms with van der Waals surface area (Å²) in [6, 6.07) is 44.0. The Bertz CT molecular complexity index is 3200. The van der Waals surface area contributed by atoms with Gasteiger partial charge in [-0.2, -0.15) is 0 Å². The first-order valence-electron chi connectivity index (χ1n) is 24.3. The largest absolute Gasteiger partial charge is 0.500 e. The molecule has 0 saturated carbocycles. The summed E-state index contributed by atoms with van der Waals surface area (Å²) in [6.45, 7) is 33.9. The van der Waals surface area contributed by atoms with E-state index in [-0.39, 0.29) is 36.4 Å². The predicted octanol–water partition coefficient (Wildman–Crippen LogP) is 17.5. The van der Waals surface area contributed by atoms with Crippen LogP contribution >= 0.6 is 0 Å². The van der Waals surface area contributed by atoms with Crippen molar-refractivity contribution in [2.75, 3.05) is 0 Å². The molecule has 0 amide bonds. The minimum Gasteiger partial charge on any atom is -0.500 e. The number of rotatable bonds is 7. The standard InChI is InChI=1S/C48H53N2O.C15H16N.Ir/c1-27(2)30-21-37(28(3)4)39(38(22-30)29(5)6)23-31-24-40-34(33-16-14-13-15-32(31)33)17-18-36-44-41(47(7,8)9)20-19-35(46(44)51-45(36)40)42-25-43(48(10,11)12)50-26-49-42;1-15(2,3)13-9-10-14(16-11-13)12-7-5-4-6-8-12;/h13-18,20-22,24-29H,23H2,1-12H3;4-7,9-11H,1-3H3;/q2*-1;. The van der Waals surface area contributed by atoms with Gasteiger partial charge in [0.15, 0.2) is 0 Å². The number of hydrogen-bond acceptors (Lipinski definition) is 4. The van der Waals surface area contributed by atoms with E-state index in [1.54, 1.807) is 6.33 Å². The molecule has 0 unspecified atom stereocenters. The first-order valence-corrected chi connectivity index (χ1v) is 24.3. The third-order valence-electron chi connectivity index (χ3n) is 13.4. The van der Waals surface area contributed by atoms with Gasteiger partial charge >= 0.3 is 0 Å². The van der Waals surface area contributed by atoms with Gasteiger partial charge in [-0.25, -0.2) is 4.98 Å². The molecule has 0 spiro atoms. The van der Waals surface area contributed by atoms with Gasteiger partial charge < -0.3 is 9.40 Å². The average Bonchev–Trinajstić information content (AvgIpc) is 3.68. The van der Waals surface area contributed by atoms with Gasteiger partial charge in [0.25, 0.3) is 0 Å². The van der Waals surface area contributed by atoms with Crippen molar-refractivity contribution >= 4 is 43.5 Å². The monoisotopic (exact) mass is 1080 g/mol. The molecule has 0 bridgehead atoms. The van der Waals surface area contributed by atoms with Crippen molar-refractivity contribution in [1.82, 2.24) is 15.0 Å². The molecule has 0 aliphatic heterocycles. The molecule has 9 aromatic rings. The van der Waals surface area contributed by atoms with E-state index in [0.717, 1.165) is 62.0 Å². The summed E-state index contributed by atoms with van der Waals surface area (Å²) < 4.78 is 7.14. The second-order valence-electron chi connectivity index (χ2n) is 22.6. The van der Waals surface area contributed by atoms with Gasteiger partial charge in [0.05, 0.1) is 5.58 Å². The minimum atomic E-state index is -0.113. The molecule has 5 heteroatoms. The van der Waals surface area contributed by atoms with Crippen LogP contribution in [0.25, 0.3) is 66.0 Å². The van der Waals surface area contributed by atoms with Crippen LogP contribution < -0.4 is 0 Å². The smallest absolute Gasteiger partial charge is 0.128 e. The van der Waals surface area contributed by atoms with Crippen LogP contribution in [0.15, 0.2) is 120 Å². The van der Waals surface area contributed by atoms with E-state index >= 15 is 0 Å². The van der Waals surface area contributed by atoms with Crippen molar-refractivity contribution < 1.29 is 24.5 Å². The van der Waals surface area contributed by atoms with Crippen molar-refractivity contribution in [2.24, 2.45) is 0 Å². The SMILES string of the molecule is CC(C)(C)c1ccc(-c2[c-]cccc2)nc1.CC(C)c1cc(C(C)C)c(Cc2cc3c(ccc4c3oc3c(-c5cc(C(C)(C)C)ncn5)[c-]cc(C(C)(C)C)c34)c3ccccc23)c(C(C)C)c1.[Ir]. The Kier molecular flexibility index (Phi) is 14.4. The van der Waals surface area contributed by atoms with E-state index in [1.165, 1.54) is 55.1 Å². The van der Waals surface area contributed by atoms with E-state index in [4.69, 9.17) is 9.40 Å². The van der Waals surface area contributed by atoms with Crippen molar-refractivity contribution in [1.29, 1.82) is 0 Å². The molecule has 0 aliphatic carbocycles. The molecule has 0 saturated heterocycles. The summed E-state index contributed by atoms with van der Waals surface area (Å²) in [6.07, 6.45) is 4.50. The summed E-state index contributed by atoms with van der Waals surface area (Å²) in [5.74, 6) is 1.34. The molecule has 4 nitrogen and oxygen atoms in total. The van der Waals surface area contributed by atoms with Crippen LogP contribution in [0, 0.1) is 12.1 Å². The second-order valence-corrected chi connectivity index (χ2v) is 22.6. The van der Waals surface area contributed by atoms with Gasteiger partial charge in [-0.3, -0.25) is 4.98 Å². The first-order chi connectivity index (χ1) is 31.6. The van der Waals surface area contributed by atoms with E-state index in [1.807, 2.05) is 30.5 Å². The fraction of sp³-hybridized carbons (Fsp3) is 0.349. The molecule has 0 N–H and O–H groups in total. The maximum atomic E-state index is 7.14. The van der Waals surface area contributed by atoms with Gasteiger partial charge in [0.1, 0.15) is 11.9 Å². The molecule has 6 aromatic carbocycles. The zero-order valence-electron chi connectivity index (χ0n) is 43.0. The Morgan fingerprint density at radius 2 is 1.21 bits per heavy atom. The van der Waals surface area contributed by atoms with E-state index < -0.39 is 0 Å². The summed E-state index contributed by atoms with van der Waals surface area (Å²) in [5.41, 5.74) is 16.1. The third-order valence-corrected chi connectivity index (χ3v) is 13.4. The summed E-state index contributed by atoms with van der Waals surface area (Å²) >= 11 is 0. The summed E-state index contributed by atoms with van der Waals surface area (Å²) in [7, 11) is 0. The van der Waals surface area contributed by atoms with E-state index in [9.17, 15) is 0 Å². The summed E-state index contributed by atoms with van der Waals surface area (Å²) in [5, 5.41) is 7.21. The van der Waals surface area contributed by atoms with Crippen molar-refractivity contribution in [2.45, 2.75) is 144 Å². The quantitative estimate of drug-likeness (QED) is 0.118. The van der Waals surface area contributed by atoms with Crippen LogP contribution in [0.2, 0.25) is 0 Å². The molecule has 9 rings (SSSR count). The normalized spacial score (nSPS) is 12.4. The van der Waals surface area contributed by atoms with Crippen LogP contribution in [0.3, 0.4) is 0 Å². The van der Waals surface area contributed by atoms with Gasteiger partial charge in [0, 0.05) is 48.2 Å². The molecule has 3 heterocycles. The number of benzene rings is 6. The zero-order valence-corrected chi connectivity index (χ0v) is 45.4. The molecular weight excluding hydrogens is 1010 g/mol. The van der Waals surface area contributed by atoms with Crippen molar-refractivity contribution in [3.63, 3.8) is 0 Å². The third kappa shape index (κ3) is 10.1. The second kappa shape index (κ2) is 19.5. The zero-order chi connectivity index (χ0) is 48.2. The number of pyridine rings is 1. The Morgan fingerprint density at radius 3 is 1.78 bits per heavy atom. The number of furan rings is 1. The number of fused-ring (bicyclic) bond motifs is 7. The Morgan fingerprint density at radius 1 is 0.559 bits per heavy atom. The van der Waals surface area contributed by atoms with Gasteiger partial charge in [-0.1, -0.05) is 182 Å². The van der Waals surface area contributed by atoms with E-state index in [2.05, 4.69) is 205 Å². The first kappa shape index (κ1) is 50.4. The van der Waals surface area contributed by atoms with Crippen LogP contribution in [-0.4, -0.2) is 15.0 Å². The van der Waals surface area contributed by atoms with Crippen LogP contribution in [0.1, 0.15) is 166 Å². The van der Waals surface area contributed by atoms with Crippen molar-refractivity contribution in [3.8, 4) is 22.5 Å². The van der Waals surface area contributed by atoms with Gasteiger partial charge in [0.2, 0.25) is 0 Å². The molecule has 0 atom stereocenters. The van der Waals surface area contributed by atoms with Gasteiger partial charge in [-0.15, -0.1) is 53.6 Å². The maximum Gasteiger partial charge on any atom is 0.128 e. The number of nitrogens with zero attached hydrogens (tertiary/aromatic N) is 3. The Balaban J connectivity index is 0.000000340. The Labute approximate surface area is 419 Å². The summed E-state index contributed by atoms with van der Waals surface area (Å²) in [4.78, 5) is 13.9. The fourth-order valence-corrected chi connectivity index (χ4v) is 9.42. The molecule has 1 radical (unpaired) electrons. The molecule has 0 fully saturated rings. The molecule has 0 aliphatic rings. The van der Waals surface area contributed by atoms with Gasteiger partial charge in [-0.05, 0) is 102 Å². The average molecular weight is 1080 g/mol. The van der Waals surface area contributed by atoms with Crippen LogP contribution in [0.4, 0.5) is 0 Å². The Hall–Kier alpha value is -5.48. The molecular formula is C63H69IrN3O-2.